The van der Waals surface area contributed by atoms with Crippen LogP contribution in [0, 0.1) is 5.41 Å². The van der Waals surface area contributed by atoms with Gasteiger partial charge in [0, 0.05) is 6.61 Å². The molecule has 0 bridgehead atoms. The normalized spacial score (nSPS) is 23.6. The van der Waals surface area contributed by atoms with Crippen molar-refractivity contribution in [1.82, 2.24) is 5.32 Å². The molecule has 0 heterocycles. The average molecular weight is 253 g/mol. The van der Waals surface area contributed by atoms with E-state index in [1.54, 1.807) is 0 Å². The predicted octanol–water partition coefficient (Wildman–Crippen LogP) is 3.92. The minimum atomic E-state index is -0.0266. The van der Waals surface area contributed by atoms with Gasteiger partial charge in [-0.05, 0) is 51.0 Å². The van der Waals surface area contributed by atoms with Crippen LogP contribution in [-0.4, -0.2) is 24.8 Å². The van der Waals surface area contributed by atoms with Crippen LogP contribution in [0.25, 0.3) is 0 Å². The summed E-state index contributed by atoms with van der Waals surface area (Å²) >= 11 is 0. The average Bonchev–Trinajstić information content (AvgIpc) is 2.34. The van der Waals surface area contributed by atoms with E-state index in [9.17, 15) is 0 Å². The fourth-order valence-electron chi connectivity index (χ4n) is 2.97. The van der Waals surface area contributed by atoms with Crippen LogP contribution in [0.2, 0.25) is 0 Å². The zero-order chi connectivity index (χ0) is 13.6. The van der Waals surface area contributed by atoms with Gasteiger partial charge in [-0.1, -0.05) is 26.8 Å². The summed E-state index contributed by atoms with van der Waals surface area (Å²) in [5.74, 6) is 0. The first-order valence-corrected chi connectivity index (χ1v) is 7.49. The van der Waals surface area contributed by atoms with Crippen LogP contribution < -0.4 is 5.32 Å². The van der Waals surface area contributed by atoms with Crippen molar-refractivity contribution in [2.24, 2.45) is 5.41 Å². The second-order valence-electron chi connectivity index (χ2n) is 6.33. The molecule has 0 spiro atoms. The molecule has 1 aliphatic carbocycles. The summed E-state index contributed by atoms with van der Waals surface area (Å²) in [6, 6.07) is 0.286. The maximum absolute atomic E-state index is 6.18. The fraction of sp³-hybridized carbons (Fsp3) is 0.875. The summed E-state index contributed by atoms with van der Waals surface area (Å²) in [5, 5.41) is 3.60. The van der Waals surface area contributed by atoms with Gasteiger partial charge in [0.1, 0.15) is 0 Å². The molecule has 0 aromatic rings. The lowest BCUT2D eigenvalue weighted by atomic mass is 9.68. The summed E-state index contributed by atoms with van der Waals surface area (Å²) < 4.78 is 6.18. The van der Waals surface area contributed by atoms with Crippen LogP contribution in [-0.2, 0) is 4.74 Å². The Morgan fingerprint density at radius 1 is 1.22 bits per heavy atom. The third-order valence-corrected chi connectivity index (χ3v) is 4.30. The molecule has 1 aliphatic rings. The molecule has 1 unspecified atom stereocenters. The molecule has 1 N–H and O–H groups in total. The summed E-state index contributed by atoms with van der Waals surface area (Å²) in [6.45, 7) is 14.9. The van der Waals surface area contributed by atoms with E-state index in [1.165, 1.54) is 12.8 Å². The summed E-state index contributed by atoms with van der Waals surface area (Å²) in [6.07, 6.45) is 7.96. The molecule has 106 valence electrons. The number of rotatable bonds is 7. The molecule has 18 heavy (non-hydrogen) atoms. The number of hydrogen-bond donors (Lipinski definition) is 1. The van der Waals surface area contributed by atoms with Gasteiger partial charge in [0.2, 0.25) is 0 Å². The highest BCUT2D eigenvalue weighted by Gasteiger charge is 2.43. The topological polar surface area (TPSA) is 21.3 Å². The van der Waals surface area contributed by atoms with Gasteiger partial charge in [-0.15, -0.1) is 6.58 Å². The highest BCUT2D eigenvalue weighted by Crippen LogP contribution is 2.43. The molecule has 0 saturated heterocycles. The second-order valence-corrected chi connectivity index (χ2v) is 6.33. The van der Waals surface area contributed by atoms with Crippen LogP contribution in [0.15, 0.2) is 12.7 Å². The van der Waals surface area contributed by atoms with Crippen molar-refractivity contribution < 1.29 is 4.74 Å². The van der Waals surface area contributed by atoms with Crippen molar-refractivity contribution in [1.29, 1.82) is 0 Å². The fourth-order valence-corrected chi connectivity index (χ4v) is 2.97. The third kappa shape index (κ3) is 3.83. The molecule has 1 atom stereocenters. The van der Waals surface area contributed by atoms with E-state index in [1.807, 2.05) is 6.08 Å². The van der Waals surface area contributed by atoms with E-state index < -0.39 is 0 Å². The summed E-state index contributed by atoms with van der Waals surface area (Å²) in [5.41, 5.74) is 0.443. The maximum Gasteiger partial charge on any atom is 0.0870 e. The van der Waals surface area contributed by atoms with Gasteiger partial charge < -0.3 is 10.1 Å². The highest BCUT2D eigenvalue weighted by atomic mass is 16.5. The molecule has 2 nitrogen and oxygen atoms in total. The monoisotopic (exact) mass is 253 g/mol. The molecule has 2 heteroatoms. The Kier molecular flexibility index (Phi) is 5.87. The number of hydrogen-bond acceptors (Lipinski definition) is 2. The van der Waals surface area contributed by atoms with E-state index in [-0.39, 0.29) is 11.6 Å². The summed E-state index contributed by atoms with van der Waals surface area (Å²) in [4.78, 5) is 0. The third-order valence-electron chi connectivity index (χ3n) is 4.30. The van der Waals surface area contributed by atoms with Crippen LogP contribution in [0.1, 0.15) is 59.8 Å². The molecular formula is C16H31NO. The Balaban J connectivity index is 2.76. The predicted molar refractivity (Wildman–Crippen MR) is 78.9 cm³/mol. The van der Waals surface area contributed by atoms with E-state index >= 15 is 0 Å². The molecule has 1 fully saturated rings. The van der Waals surface area contributed by atoms with E-state index in [2.05, 4.69) is 39.6 Å². The Bertz CT molecular complexity index is 250. The van der Waals surface area contributed by atoms with Gasteiger partial charge in [0.15, 0.2) is 0 Å². The molecule has 0 amide bonds. The van der Waals surface area contributed by atoms with Gasteiger partial charge in [-0.2, -0.15) is 0 Å². The van der Waals surface area contributed by atoms with Crippen molar-refractivity contribution in [3.63, 3.8) is 0 Å². The minimum Gasteiger partial charge on any atom is -0.373 e. The van der Waals surface area contributed by atoms with Crippen molar-refractivity contribution >= 4 is 0 Å². The largest absolute Gasteiger partial charge is 0.373 e. The lowest BCUT2D eigenvalue weighted by Crippen LogP contribution is -2.54. The van der Waals surface area contributed by atoms with Crippen molar-refractivity contribution in [2.75, 3.05) is 13.2 Å². The molecule has 1 saturated carbocycles. The Hall–Kier alpha value is -0.340. The Morgan fingerprint density at radius 2 is 1.83 bits per heavy atom. The molecule has 0 aromatic carbocycles. The standard InChI is InChI=1S/C16H31NO/c1-6-13-17-14(7-2)16(18-8-3)11-9-15(4,5)10-12-16/h7,14,17H,2,6,8-13H2,1,3-5H3. The van der Waals surface area contributed by atoms with Gasteiger partial charge in [0.05, 0.1) is 11.6 Å². The first-order chi connectivity index (χ1) is 8.49. The lowest BCUT2D eigenvalue weighted by Gasteiger charge is -2.47. The van der Waals surface area contributed by atoms with Crippen molar-refractivity contribution in [3.05, 3.63) is 12.7 Å². The van der Waals surface area contributed by atoms with Gasteiger partial charge >= 0.3 is 0 Å². The van der Waals surface area contributed by atoms with Crippen molar-refractivity contribution in [3.8, 4) is 0 Å². The van der Waals surface area contributed by atoms with E-state index in [4.69, 9.17) is 4.74 Å². The number of nitrogens with one attached hydrogen (secondary N) is 1. The smallest absolute Gasteiger partial charge is 0.0870 e. The zero-order valence-electron chi connectivity index (χ0n) is 12.7. The van der Waals surface area contributed by atoms with Crippen molar-refractivity contribution in [2.45, 2.75) is 71.4 Å². The van der Waals surface area contributed by atoms with Crippen LogP contribution >= 0.6 is 0 Å². The Morgan fingerprint density at radius 3 is 2.28 bits per heavy atom. The summed E-state index contributed by atoms with van der Waals surface area (Å²) in [7, 11) is 0. The molecular weight excluding hydrogens is 222 g/mol. The number of ether oxygens (including phenoxy) is 1. The van der Waals surface area contributed by atoms with E-state index in [0.29, 0.717) is 5.41 Å². The lowest BCUT2D eigenvalue weighted by molar-refractivity contribution is -0.0965. The van der Waals surface area contributed by atoms with E-state index in [0.717, 1.165) is 32.4 Å². The minimum absolute atomic E-state index is 0.0266. The first kappa shape index (κ1) is 15.7. The van der Waals surface area contributed by atoms with Crippen LogP contribution in [0.5, 0.6) is 0 Å². The van der Waals surface area contributed by atoms with Gasteiger partial charge in [0.25, 0.3) is 0 Å². The van der Waals surface area contributed by atoms with Gasteiger partial charge in [-0.25, -0.2) is 0 Å². The SMILES string of the molecule is C=CC(NCCC)C1(OCC)CCC(C)(C)CC1. The van der Waals surface area contributed by atoms with Crippen LogP contribution in [0.4, 0.5) is 0 Å². The molecule has 0 aliphatic heterocycles. The quantitative estimate of drug-likeness (QED) is 0.694. The first-order valence-electron chi connectivity index (χ1n) is 7.49. The molecule has 1 rings (SSSR count). The maximum atomic E-state index is 6.18. The zero-order valence-corrected chi connectivity index (χ0v) is 12.7. The Labute approximate surface area is 113 Å². The highest BCUT2D eigenvalue weighted by molar-refractivity contribution is 5.06. The second kappa shape index (κ2) is 6.72. The van der Waals surface area contributed by atoms with Gasteiger partial charge in [-0.3, -0.25) is 0 Å². The molecule has 0 aromatic heterocycles. The van der Waals surface area contributed by atoms with Crippen LogP contribution in [0.3, 0.4) is 0 Å². The molecule has 0 radical (unpaired) electrons.